The predicted molar refractivity (Wildman–Crippen MR) is 102 cm³/mol. The summed E-state index contributed by atoms with van der Waals surface area (Å²) in [6, 6.07) is 13.7. The van der Waals surface area contributed by atoms with E-state index in [0.29, 0.717) is 12.8 Å². The Balaban J connectivity index is 1.64. The third-order valence-corrected chi connectivity index (χ3v) is 5.09. The zero-order valence-corrected chi connectivity index (χ0v) is 14.8. The van der Waals surface area contributed by atoms with E-state index in [9.17, 15) is 9.59 Å². The molecule has 0 spiro atoms. The summed E-state index contributed by atoms with van der Waals surface area (Å²) in [6.07, 6.45) is 10.6. The van der Waals surface area contributed by atoms with Gasteiger partial charge in [0, 0.05) is 12.8 Å². The summed E-state index contributed by atoms with van der Waals surface area (Å²) in [7, 11) is 0. The number of benzene rings is 2. The van der Waals surface area contributed by atoms with Crippen LogP contribution in [-0.4, -0.2) is 12.6 Å². The van der Waals surface area contributed by atoms with Crippen LogP contribution in [0.5, 0.6) is 0 Å². The first kappa shape index (κ1) is 17.6. The van der Waals surface area contributed by atoms with Crippen LogP contribution in [0.2, 0.25) is 0 Å². The molecular weight excluding hydrogens is 308 g/mol. The third-order valence-electron chi connectivity index (χ3n) is 5.09. The third kappa shape index (κ3) is 4.45. The molecule has 0 heterocycles. The van der Waals surface area contributed by atoms with Gasteiger partial charge in [-0.3, -0.25) is 0 Å². The van der Waals surface area contributed by atoms with Gasteiger partial charge in [0.25, 0.3) is 0 Å². The van der Waals surface area contributed by atoms with Gasteiger partial charge in [0.05, 0.1) is 0 Å². The molecule has 0 atom stereocenters. The molecule has 25 heavy (non-hydrogen) atoms. The van der Waals surface area contributed by atoms with Gasteiger partial charge in [-0.2, -0.15) is 0 Å². The number of fused-ring (bicyclic) bond motifs is 3. The lowest BCUT2D eigenvalue weighted by molar-refractivity contribution is -0.108. The van der Waals surface area contributed by atoms with Gasteiger partial charge in [0.15, 0.2) is 0 Å². The van der Waals surface area contributed by atoms with Crippen LogP contribution >= 0.6 is 0 Å². The molecule has 2 aromatic rings. The van der Waals surface area contributed by atoms with Crippen molar-refractivity contribution in [1.29, 1.82) is 0 Å². The highest BCUT2D eigenvalue weighted by molar-refractivity contribution is 5.77. The first-order chi connectivity index (χ1) is 12.3. The molecule has 0 radical (unpaired) electrons. The normalized spacial score (nSPS) is 11.8. The summed E-state index contributed by atoms with van der Waals surface area (Å²) in [5.41, 5.74) is 8.37. The molecule has 3 rings (SSSR count). The highest BCUT2D eigenvalue weighted by Gasteiger charge is 2.18. The minimum absolute atomic E-state index is 0.673. The average molecular weight is 334 g/mol. The van der Waals surface area contributed by atoms with E-state index in [1.165, 1.54) is 33.4 Å². The van der Waals surface area contributed by atoms with Crippen molar-refractivity contribution < 1.29 is 9.59 Å². The predicted octanol–water partition coefficient (Wildman–Crippen LogP) is 5.08. The Labute approximate surface area is 150 Å². The van der Waals surface area contributed by atoms with Crippen molar-refractivity contribution in [3.8, 4) is 11.1 Å². The van der Waals surface area contributed by atoms with Gasteiger partial charge < -0.3 is 9.59 Å². The highest BCUT2D eigenvalue weighted by Crippen LogP contribution is 2.37. The largest absolute Gasteiger partial charge is 0.303 e. The Morgan fingerprint density at radius 2 is 1.16 bits per heavy atom. The Hall–Kier alpha value is -2.22. The fraction of sp³-hybridized carbons (Fsp3) is 0.391. The Morgan fingerprint density at radius 1 is 0.680 bits per heavy atom. The lowest BCUT2D eigenvalue weighted by atomic mass is 9.99. The average Bonchev–Trinajstić information content (AvgIpc) is 2.99. The van der Waals surface area contributed by atoms with E-state index >= 15 is 0 Å². The fourth-order valence-electron chi connectivity index (χ4n) is 3.74. The minimum Gasteiger partial charge on any atom is -0.303 e. The van der Waals surface area contributed by atoms with Crippen LogP contribution in [0.4, 0.5) is 0 Å². The molecule has 0 bridgehead atoms. The molecule has 130 valence electrons. The summed E-state index contributed by atoms with van der Waals surface area (Å²) in [5.74, 6) is 0. The van der Waals surface area contributed by atoms with E-state index < -0.39 is 0 Å². The first-order valence-electron chi connectivity index (χ1n) is 9.43. The molecular formula is C23H26O2. The number of hydrogen-bond donors (Lipinski definition) is 0. The molecule has 2 nitrogen and oxygen atoms in total. The molecule has 2 aromatic carbocycles. The van der Waals surface area contributed by atoms with E-state index in [4.69, 9.17) is 0 Å². The molecule has 1 aliphatic carbocycles. The van der Waals surface area contributed by atoms with E-state index in [-0.39, 0.29) is 0 Å². The molecule has 0 N–H and O–H groups in total. The van der Waals surface area contributed by atoms with Crippen molar-refractivity contribution >= 4 is 12.6 Å². The fourth-order valence-corrected chi connectivity index (χ4v) is 3.74. The molecule has 0 fully saturated rings. The molecule has 2 heteroatoms. The minimum atomic E-state index is 0.673. The van der Waals surface area contributed by atoms with Gasteiger partial charge in [-0.25, -0.2) is 0 Å². The monoisotopic (exact) mass is 334 g/mol. The quantitative estimate of drug-likeness (QED) is 0.383. The number of unbranched alkanes of at least 4 members (excludes halogenated alkanes) is 4. The number of hydrogen-bond acceptors (Lipinski definition) is 2. The summed E-state index contributed by atoms with van der Waals surface area (Å²) >= 11 is 0. The molecule has 1 aliphatic rings. The lowest BCUT2D eigenvalue weighted by Gasteiger charge is -2.06. The van der Waals surface area contributed by atoms with Crippen molar-refractivity contribution in [3.05, 3.63) is 58.7 Å². The second kappa shape index (κ2) is 8.75. The Morgan fingerprint density at radius 3 is 1.60 bits per heavy atom. The first-order valence-corrected chi connectivity index (χ1v) is 9.43. The van der Waals surface area contributed by atoms with Crippen molar-refractivity contribution in [2.75, 3.05) is 0 Å². The molecule has 0 aliphatic heterocycles. The number of aryl methyl sites for hydroxylation is 2. The van der Waals surface area contributed by atoms with Gasteiger partial charge in [0.1, 0.15) is 12.6 Å². The topological polar surface area (TPSA) is 34.1 Å². The van der Waals surface area contributed by atoms with Crippen LogP contribution in [-0.2, 0) is 28.9 Å². The van der Waals surface area contributed by atoms with Crippen LogP contribution in [0.1, 0.15) is 60.8 Å². The molecule has 0 saturated heterocycles. The van der Waals surface area contributed by atoms with E-state index in [1.807, 2.05) is 0 Å². The van der Waals surface area contributed by atoms with Crippen LogP contribution < -0.4 is 0 Å². The second-order valence-electron chi connectivity index (χ2n) is 6.98. The number of aldehydes is 2. The highest BCUT2D eigenvalue weighted by atomic mass is 16.1. The summed E-state index contributed by atoms with van der Waals surface area (Å²) < 4.78 is 0. The van der Waals surface area contributed by atoms with Gasteiger partial charge in [-0.15, -0.1) is 0 Å². The van der Waals surface area contributed by atoms with Crippen molar-refractivity contribution in [2.24, 2.45) is 0 Å². The maximum absolute atomic E-state index is 10.4. The molecule has 0 saturated carbocycles. The Bertz CT molecular complexity index is 682. The SMILES string of the molecule is O=CCCCCc1ccc2c(c1)Cc1cc(CCCCC=O)ccc1-2. The zero-order chi connectivity index (χ0) is 17.5. The van der Waals surface area contributed by atoms with Gasteiger partial charge in [-0.1, -0.05) is 36.4 Å². The zero-order valence-electron chi connectivity index (χ0n) is 14.8. The van der Waals surface area contributed by atoms with Crippen LogP contribution in [0, 0.1) is 0 Å². The van der Waals surface area contributed by atoms with E-state index in [1.54, 1.807) is 0 Å². The van der Waals surface area contributed by atoms with Gasteiger partial charge in [0.2, 0.25) is 0 Å². The second-order valence-corrected chi connectivity index (χ2v) is 6.98. The standard InChI is InChI=1S/C23H26O2/c24-13-5-1-3-7-18-9-11-22-20(15-18)17-21-16-19(10-12-23(21)22)8-4-2-6-14-25/h9-16H,1-8,17H2. The maximum atomic E-state index is 10.4. The van der Waals surface area contributed by atoms with Crippen LogP contribution in [0.3, 0.4) is 0 Å². The smallest absolute Gasteiger partial charge is 0.119 e. The maximum Gasteiger partial charge on any atom is 0.119 e. The van der Waals surface area contributed by atoms with Crippen molar-refractivity contribution in [1.82, 2.24) is 0 Å². The summed E-state index contributed by atoms with van der Waals surface area (Å²) in [5, 5.41) is 0. The summed E-state index contributed by atoms with van der Waals surface area (Å²) in [4.78, 5) is 20.8. The number of carbonyl (C=O) groups is 2. The number of carbonyl (C=O) groups excluding carboxylic acids is 2. The van der Waals surface area contributed by atoms with Crippen molar-refractivity contribution in [3.63, 3.8) is 0 Å². The molecule has 0 aromatic heterocycles. The van der Waals surface area contributed by atoms with Gasteiger partial charge >= 0.3 is 0 Å². The lowest BCUT2D eigenvalue weighted by Crippen LogP contribution is -1.89. The molecule has 0 amide bonds. The van der Waals surface area contributed by atoms with E-state index in [2.05, 4.69) is 36.4 Å². The number of rotatable bonds is 10. The van der Waals surface area contributed by atoms with E-state index in [0.717, 1.165) is 57.5 Å². The van der Waals surface area contributed by atoms with Gasteiger partial charge in [-0.05, 0) is 78.3 Å². The van der Waals surface area contributed by atoms with Crippen LogP contribution in [0.15, 0.2) is 36.4 Å². The van der Waals surface area contributed by atoms with Crippen LogP contribution in [0.25, 0.3) is 11.1 Å². The van der Waals surface area contributed by atoms with Crippen molar-refractivity contribution in [2.45, 2.75) is 57.8 Å². The molecule has 0 unspecified atom stereocenters. The summed E-state index contributed by atoms with van der Waals surface area (Å²) in [6.45, 7) is 0. The Kier molecular flexibility index (Phi) is 6.16.